The van der Waals surface area contributed by atoms with E-state index in [9.17, 15) is 14.7 Å². The molecule has 1 aliphatic heterocycles. The highest BCUT2D eigenvalue weighted by Crippen LogP contribution is 2.20. The van der Waals surface area contributed by atoms with E-state index in [4.69, 9.17) is 5.11 Å². The van der Waals surface area contributed by atoms with Gasteiger partial charge in [0.2, 0.25) is 0 Å². The summed E-state index contributed by atoms with van der Waals surface area (Å²) in [6.45, 7) is 5.30. The van der Waals surface area contributed by atoms with E-state index >= 15 is 0 Å². The fourth-order valence-electron chi connectivity index (χ4n) is 2.28. The van der Waals surface area contributed by atoms with E-state index in [0.717, 1.165) is 12.8 Å². The lowest BCUT2D eigenvalue weighted by molar-refractivity contribution is -0.141. The maximum Gasteiger partial charge on any atom is 0.326 e. The maximum atomic E-state index is 12.3. The number of β-amino-alcohol motifs (C(OH)–C–C–N with tert-alkyl or cyclic N) is 1. The Kier molecular flexibility index (Phi) is 5.40. The molecule has 6 nitrogen and oxygen atoms in total. The first kappa shape index (κ1) is 14.8. The van der Waals surface area contributed by atoms with Crippen molar-refractivity contribution in [1.29, 1.82) is 0 Å². The predicted octanol–water partition coefficient (Wildman–Crippen LogP) is 0.748. The van der Waals surface area contributed by atoms with Gasteiger partial charge in [-0.2, -0.15) is 0 Å². The van der Waals surface area contributed by atoms with Crippen molar-refractivity contribution in [1.82, 2.24) is 9.80 Å². The average molecular weight is 258 g/mol. The van der Waals surface area contributed by atoms with Crippen molar-refractivity contribution in [3.05, 3.63) is 0 Å². The average Bonchev–Trinajstić information content (AvgIpc) is 2.70. The first-order valence-corrected chi connectivity index (χ1v) is 6.47. The predicted molar refractivity (Wildman–Crippen MR) is 66.3 cm³/mol. The lowest BCUT2D eigenvalue weighted by Crippen LogP contribution is -2.48. The number of carbonyl (C=O) groups is 2. The summed E-state index contributed by atoms with van der Waals surface area (Å²) in [4.78, 5) is 26.3. The molecule has 0 aliphatic carbocycles. The molecule has 1 aliphatic rings. The first-order valence-electron chi connectivity index (χ1n) is 6.47. The Morgan fingerprint density at radius 1 is 1.28 bits per heavy atom. The number of amides is 2. The number of aliphatic hydroxyl groups excluding tert-OH is 1. The molecule has 1 fully saturated rings. The summed E-state index contributed by atoms with van der Waals surface area (Å²) in [6, 6.07) is -1.17. The van der Waals surface area contributed by atoms with Gasteiger partial charge in [0.1, 0.15) is 6.04 Å². The van der Waals surface area contributed by atoms with Crippen LogP contribution in [-0.4, -0.2) is 63.8 Å². The summed E-state index contributed by atoms with van der Waals surface area (Å²) in [6.07, 6.45) is 1.05. The molecule has 0 bridgehead atoms. The third kappa shape index (κ3) is 3.35. The summed E-state index contributed by atoms with van der Waals surface area (Å²) in [7, 11) is 0. The minimum Gasteiger partial charge on any atom is -0.480 e. The molecule has 0 unspecified atom stereocenters. The van der Waals surface area contributed by atoms with E-state index in [0.29, 0.717) is 13.1 Å². The molecule has 104 valence electrons. The van der Waals surface area contributed by atoms with E-state index in [-0.39, 0.29) is 19.0 Å². The Hall–Kier alpha value is -1.30. The van der Waals surface area contributed by atoms with Crippen LogP contribution in [0.1, 0.15) is 33.1 Å². The van der Waals surface area contributed by atoms with E-state index in [1.807, 2.05) is 13.8 Å². The summed E-state index contributed by atoms with van der Waals surface area (Å²) >= 11 is 0. The fraction of sp³-hybridized carbons (Fsp3) is 0.833. The molecule has 6 heteroatoms. The Morgan fingerprint density at radius 2 is 1.83 bits per heavy atom. The summed E-state index contributed by atoms with van der Waals surface area (Å²) in [5, 5.41) is 18.6. The van der Waals surface area contributed by atoms with Crippen LogP contribution in [0.5, 0.6) is 0 Å². The zero-order valence-corrected chi connectivity index (χ0v) is 11.0. The summed E-state index contributed by atoms with van der Waals surface area (Å²) in [5.41, 5.74) is 0. The Morgan fingerprint density at radius 3 is 2.28 bits per heavy atom. The quantitative estimate of drug-likeness (QED) is 0.762. The molecule has 0 aromatic heterocycles. The van der Waals surface area contributed by atoms with Crippen LogP contribution in [0.25, 0.3) is 0 Å². The largest absolute Gasteiger partial charge is 0.480 e. The standard InChI is InChI=1S/C12H22N2O4/c1-3-5-13(6-4-2)12(18)14-8-9(15)7-10(14)11(16)17/h9-10,15H,3-8H2,1-2H3,(H,16,17)/t9-,10+/m1/s1. The van der Waals surface area contributed by atoms with Crippen LogP contribution in [0.15, 0.2) is 0 Å². The monoisotopic (exact) mass is 258 g/mol. The second-order valence-electron chi connectivity index (χ2n) is 4.67. The Balaban J connectivity index is 2.76. The van der Waals surface area contributed by atoms with Gasteiger partial charge in [0, 0.05) is 26.1 Å². The molecule has 2 N–H and O–H groups in total. The number of hydrogen-bond donors (Lipinski definition) is 2. The number of carboxylic acids is 1. The molecule has 0 radical (unpaired) electrons. The van der Waals surface area contributed by atoms with Crippen LogP contribution in [0.2, 0.25) is 0 Å². The number of rotatable bonds is 5. The SMILES string of the molecule is CCCN(CCC)C(=O)N1C[C@H](O)C[C@H]1C(=O)O. The van der Waals surface area contributed by atoms with Gasteiger partial charge in [-0.1, -0.05) is 13.8 Å². The number of hydrogen-bond acceptors (Lipinski definition) is 3. The lowest BCUT2D eigenvalue weighted by Gasteiger charge is -2.29. The molecule has 1 saturated heterocycles. The summed E-state index contributed by atoms with van der Waals surface area (Å²) < 4.78 is 0. The molecule has 2 atom stereocenters. The number of likely N-dealkylation sites (tertiary alicyclic amines) is 1. The number of carbonyl (C=O) groups excluding carboxylic acids is 1. The van der Waals surface area contributed by atoms with Gasteiger partial charge in [-0.15, -0.1) is 0 Å². The van der Waals surface area contributed by atoms with Crippen molar-refractivity contribution in [3.63, 3.8) is 0 Å². The van der Waals surface area contributed by atoms with E-state index in [2.05, 4.69) is 0 Å². The molecule has 0 aromatic rings. The van der Waals surface area contributed by atoms with Crippen LogP contribution in [0, 0.1) is 0 Å². The topological polar surface area (TPSA) is 81.1 Å². The highest BCUT2D eigenvalue weighted by Gasteiger charge is 2.40. The van der Waals surface area contributed by atoms with E-state index in [1.54, 1.807) is 4.90 Å². The van der Waals surface area contributed by atoms with Gasteiger partial charge in [-0.25, -0.2) is 9.59 Å². The summed E-state index contributed by atoms with van der Waals surface area (Å²) in [5.74, 6) is -1.05. The minimum atomic E-state index is -1.05. The number of carboxylic acid groups (broad SMARTS) is 1. The van der Waals surface area contributed by atoms with Crippen LogP contribution >= 0.6 is 0 Å². The van der Waals surface area contributed by atoms with Gasteiger partial charge in [0.25, 0.3) is 0 Å². The van der Waals surface area contributed by atoms with Gasteiger partial charge >= 0.3 is 12.0 Å². The van der Waals surface area contributed by atoms with Gasteiger partial charge in [-0.3, -0.25) is 0 Å². The van der Waals surface area contributed by atoms with E-state index in [1.165, 1.54) is 4.90 Å². The van der Waals surface area contributed by atoms with Crippen molar-refractivity contribution in [3.8, 4) is 0 Å². The number of aliphatic carboxylic acids is 1. The Labute approximate surface area is 107 Å². The van der Waals surface area contributed by atoms with Crippen molar-refractivity contribution < 1.29 is 19.8 Å². The molecule has 18 heavy (non-hydrogen) atoms. The van der Waals surface area contributed by atoms with Gasteiger partial charge < -0.3 is 20.0 Å². The third-order valence-electron chi connectivity index (χ3n) is 3.07. The molecule has 0 saturated carbocycles. The van der Waals surface area contributed by atoms with Gasteiger partial charge in [-0.05, 0) is 12.8 Å². The molecular formula is C12H22N2O4. The fourth-order valence-corrected chi connectivity index (χ4v) is 2.28. The van der Waals surface area contributed by atoms with Gasteiger partial charge in [0.05, 0.1) is 6.10 Å². The normalized spacial score (nSPS) is 23.2. The number of aliphatic hydroxyl groups is 1. The smallest absolute Gasteiger partial charge is 0.326 e. The van der Waals surface area contributed by atoms with Crippen molar-refractivity contribution in [2.75, 3.05) is 19.6 Å². The Bertz CT molecular complexity index is 302. The molecule has 1 heterocycles. The van der Waals surface area contributed by atoms with Gasteiger partial charge in [0.15, 0.2) is 0 Å². The van der Waals surface area contributed by atoms with Crippen LogP contribution in [0.4, 0.5) is 4.79 Å². The molecular weight excluding hydrogens is 236 g/mol. The molecule has 1 rings (SSSR count). The van der Waals surface area contributed by atoms with Crippen molar-refractivity contribution >= 4 is 12.0 Å². The highest BCUT2D eigenvalue weighted by atomic mass is 16.4. The second kappa shape index (κ2) is 6.58. The number of urea groups is 1. The van der Waals surface area contributed by atoms with E-state index < -0.39 is 18.1 Å². The van der Waals surface area contributed by atoms with Crippen molar-refractivity contribution in [2.24, 2.45) is 0 Å². The van der Waals surface area contributed by atoms with Crippen LogP contribution in [-0.2, 0) is 4.79 Å². The lowest BCUT2D eigenvalue weighted by atomic mass is 10.2. The zero-order valence-electron chi connectivity index (χ0n) is 11.0. The first-order chi connectivity index (χ1) is 8.51. The highest BCUT2D eigenvalue weighted by molar-refractivity contribution is 5.83. The maximum absolute atomic E-state index is 12.3. The zero-order chi connectivity index (χ0) is 13.7. The number of nitrogens with zero attached hydrogens (tertiary/aromatic N) is 2. The van der Waals surface area contributed by atoms with Crippen LogP contribution in [0.3, 0.4) is 0 Å². The molecule has 0 aromatic carbocycles. The van der Waals surface area contributed by atoms with Crippen LogP contribution < -0.4 is 0 Å². The third-order valence-corrected chi connectivity index (χ3v) is 3.07. The second-order valence-corrected chi connectivity index (χ2v) is 4.67. The molecule has 0 spiro atoms. The minimum absolute atomic E-state index is 0.111. The molecule has 2 amide bonds. The van der Waals surface area contributed by atoms with Crippen molar-refractivity contribution in [2.45, 2.75) is 45.3 Å².